The van der Waals surface area contributed by atoms with Gasteiger partial charge in [-0.25, -0.2) is 4.79 Å². The Balaban J connectivity index is -0.000000331. The number of nitriles is 1. The van der Waals surface area contributed by atoms with E-state index in [9.17, 15) is 18.0 Å². The van der Waals surface area contributed by atoms with Crippen LogP contribution in [0.3, 0.4) is 0 Å². The number of primary amides is 1. The lowest BCUT2D eigenvalue weighted by molar-refractivity contribution is -0.169. The molecule has 0 aromatic heterocycles. The number of alkyl halides is 3. The highest BCUT2D eigenvalue weighted by Crippen LogP contribution is 2.23. The van der Waals surface area contributed by atoms with Gasteiger partial charge in [-0.3, -0.25) is 4.79 Å². The van der Waals surface area contributed by atoms with E-state index in [-0.39, 0.29) is 18.0 Å². The first kappa shape index (κ1) is 29.7. The van der Waals surface area contributed by atoms with Gasteiger partial charge in [-0.15, -0.1) is 0 Å². The molecule has 0 spiro atoms. The van der Waals surface area contributed by atoms with Gasteiger partial charge in [0.2, 0.25) is 0 Å². The summed E-state index contributed by atoms with van der Waals surface area (Å²) in [7, 11) is 1.37. The van der Waals surface area contributed by atoms with E-state index in [1.807, 2.05) is 33.8 Å². The molecule has 0 bridgehead atoms. The number of esters is 1. The van der Waals surface area contributed by atoms with E-state index in [4.69, 9.17) is 15.2 Å². The molecule has 1 aliphatic carbocycles. The van der Waals surface area contributed by atoms with Crippen molar-refractivity contribution < 1.29 is 32.6 Å². The molecule has 1 aliphatic rings. The molecule has 3 N–H and O–H groups in total. The Kier molecular flexibility index (Phi) is 19.1. The van der Waals surface area contributed by atoms with Crippen LogP contribution in [0, 0.1) is 17.2 Å². The molecular formula is C18H31F3N2O4. The third-order valence-corrected chi connectivity index (χ3v) is 3.26. The zero-order valence-corrected chi connectivity index (χ0v) is 16.6. The first-order chi connectivity index (χ1) is 12.5. The van der Waals surface area contributed by atoms with Crippen LogP contribution in [-0.2, 0) is 14.3 Å². The zero-order chi connectivity index (χ0) is 22.0. The van der Waals surface area contributed by atoms with Crippen LogP contribution in [0.25, 0.3) is 0 Å². The highest BCUT2D eigenvalue weighted by molar-refractivity contribution is 5.88. The minimum atomic E-state index is -4.86. The lowest BCUT2D eigenvalue weighted by Gasteiger charge is -2.14. The van der Waals surface area contributed by atoms with Crippen LogP contribution in [-0.4, -0.2) is 36.4 Å². The van der Waals surface area contributed by atoms with Crippen LogP contribution in [0.15, 0.2) is 11.6 Å². The van der Waals surface area contributed by atoms with E-state index < -0.39 is 12.1 Å². The van der Waals surface area contributed by atoms with Gasteiger partial charge in [0, 0.05) is 5.57 Å². The summed E-state index contributed by atoms with van der Waals surface area (Å²) in [5.74, 6) is -2.43. The number of nitrogens with zero attached hydrogens (tertiary/aromatic N) is 1. The number of ether oxygens (including phenoxy) is 1. The SMILES string of the molecule is CC.CCC(O)CC.COC(=O)C1=CC[C@H](C#N)CC1.NC(=O)C(F)(F)F. The Hall–Kier alpha value is -2.08. The minimum Gasteiger partial charge on any atom is -0.466 e. The van der Waals surface area contributed by atoms with E-state index in [1.54, 1.807) is 0 Å². The molecule has 158 valence electrons. The molecular weight excluding hydrogens is 365 g/mol. The van der Waals surface area contributed by atoms with E-state index in [0.29, 0.717) is 18.4 Å². The molecule has 1 atom stereocenters. The summed E-state index contributed by atoms with van der Waals surface area (Å²) in [5.41, 5.74) is 4.52. The van der Waals surface area contributed by atoms with Crippen molar-refractivity contribution in [3.8, 4) is 6.07 Å². The van der Waals surface area contributed by atoms with E-state index in [1.165, 1.54) is 7.11 Å². The van der Waals surface area contributed by atoms with Gasteiger partial charge in [0.1, 0.15) is 0 Å². The maximum absolute atomic E-state index is 11.0. The van der Waals surface area contributed by atoms with Crippen molar-refractivity contribution in [2.45, 2.75) is 72.1 Å². The first-order valence-corrected chi connectivity index (χ1v) is 8.74. The second kappa shape index (κ2) is 17.3. The molecule has 0 aliphatic heterocycles. The number of carbonyl (C=O) groups is 2. The lowest BCUT2D eigenvalue weighted by Crippen LogP contribution is -2.30. The number of rotatable bonds is 3. The number of aliphatic hydroxyl groups excluding tert-OH is 1. The van der Waals surface area contributed by atoms with Crippen LogP contribution >= 0.6 is 0 Å². The minimum absolute atomic E-state index is 0.0648. The maximum Gasteiger partial charge on any atom is 0.470 e. The van der Waals surface area contributed by atoms with Gasteiger partial charge in [-0.1, -0.05) is 33.8 Å². The van der Waals surface area contributed by atoms with Crippen molar-refractivity contribution in [2.75, 3.05) is 7.11 Å². The van der Waals surface area contributed by atoms with Crippen LogP contribution in [0.1, 0.15) is 59.8 Å². The highest BCUT2D eigenvalue weighted by atomic mass is 19.4. The summed E-state index contributed by atoms with van der Waals surface area (Å²) in [4.78, 5) is 20.1. The van der Waals surface area contributed by atoms with Crippen LogP contribution in [0.4, 0.5) is 13.2 Å². The van der Waals surface area contributed by atoms with Crippen molar-refractivity contribution in [3.63, 3.8) is 0 Å². The Bertz CT molecular complexity index is 482. The van der Waals surface area contributed by atoms with Crippen molar-refractivity contribution in [3.05, 3.63) is 11.6 Å². The number of aliphatic hydroxyl groups is 1. The number of allylic oxidation sites excluding steroid dienone is 1. The fourth-order valence-corrected chi connectivity index (χ4v) is 1.56. The number of carbonyl (C=O) groups excluding carboxylic acids is 2. The van der Waals surface area contributed by atoms with Gasteiger partial charge in [-0.05, 0) is 32.1 Å². The molecule has 1 amide bonds. The number of hydrogen-bond donors (Lipinski definition) is 2. The Morgan fingerprint density at radius 2 is 1.81 bits per heavy atom. The first-order valence-electron chi connectivity index (χ1n) is 8.74. The van der Waals surface area contributed by atoms with E-state index in [0.717, 1.165) is 19.3 Å². The lowest BCUT2D eigenvalue weighted by atomic mass is 9.91. The van der Waals surface area contributed by atoms with Gasteiger partial charge in [0.25, 0.3) is 0 Å². The zero-order valence-electron chi connectivity index (χ0n) is 16.6. The van der Waals surface area contributed by atoms with Crippen molar-refractivity contribution in [2.24, 2.45) is 11.7 Å². The second-order valence-corrected chi connectivity index (χ2v) is 5.15. The quantitative estimate of drug-likeness (QED) is 0.707. The van der Waals surface area contributed by atoms with Gasteiger partial charge < -0.3 is 15.6 Å². The highest BCUT2D eigenvalue weighted by Gasteiger charge is 2.35. The summed E-state index contributed by atoms with van der Waals surface area (Å²) in [6.45, 7) is 7.96. The standard InChI is InChI=1S/C9H11NO2.C5H12O.C2H2F3NO.C2H6/c1-12-9(11)8-4-2-7(6-10)3-5-8;1-3-5(6)4-2;3-2(4,5)1(6)7;1-2/h4,7H,2-3,5H2,1H3;5-6H,3-4H2,1-2H3;(H2,6,7);1-2H3/t7-;;;/m0.../s1. The number of nitrogens with two attached hydrogens (primary N) is 1. The number of methoxy groups -OCH3 is 1. The number of halogens is 3. The van der Waals surface area contributed by atoms with E-state index in [2.05, 4.69) is 16.5 Å². The predicted octanol–water partition coefficient (Wildman–Crippen LogP) is 3.64. The van der Waals surface area contributed by atoms with Crippen molar-refractivity contribution in [1.82, 2.24) is 0 Å². The fraction of sp³-hybridized carbons (Fsp3) is 0.722. The topological polar surface area (TPSA) is 113 Å². The number of amides is 1. The third kappa shape index (κ3) is 17.1. The van der Waals surface area contributed by atoms with Crippen LogP contribution in [0.2, 0.25) is 0 Å². The maximum atomic E-state index is 11.0. The van der Waals surface area contributed by atoms with Crippen molar-refractivity contribution in [1.29, 1.82) is 5.26 Å². The molecule has 1 rings (SSSR count). The second-order valence-electron chi connectivity index (χ2n) is 5.15. The molecule has 0 aromatic rings. The molecule has 0 heterocycles. The molecule has 0 fully saturated rings. The Morgan fingerprint density at radius 1 is 1.37 bits per heavy atom. The van der Waals surface area contributed by atoms with Gasteiger partial charge in [0.15, 0.2) is 0 Å². The normalized spacial score (nSPS) is 15.3. The average Bonchev–Trinajstić information content (AvgIpc) is 2.68. The average molecular weight is 396 g/mol. The van der Waals surface area contributed by atoms with Gasteiger partial charge in [0.05, 0.1) is 25.2 Å². The molecule has 0 unspecified atom stereocenters. The Labute approximate surface area is 159 Å². The largest absolute Gasteiger partial charge is 0.470 e. The molecule has 0 saturated heterocycles. The van der Waals surface area contributed by atoms with Crippen LogP contribution in [0.5, 0.6) is 0 Å². The van der Waals surface area contributed by atoms with Gasteiger partial charge in [-0.2, -0.15) is 18.4 Å². The fourth-order valence-electron chi connectivity index (χ4n) is 1.56. The Morgan fingerprint density at radius 3 is 2.00 bits per heavy atom. The summed E-state index contributed by atoms with van der Waals surface area (Å²) in [5, 5.41) is 17.2. The molecule has 0 aromatic carbocycles. The summed E-state index contributed by atoms with van der Waals surface area (Å²) in [6.07, 6.45) is 0.782. The summed E-state index contributed by atoms with van der Waals surface area (Å²) in [6, 6.07) is 2.18. The molecule has 0 saturated carbocycles. The molecule has 9 heteroatoms. The molecule has 27 heavy (non-hydrogen) atoms. The van der Waals surface area contributed by atoms with Gasteiger partial charge >= 0.3 is 18.1 Å². The molecule has 6 nitrogen and oxygen atoms in total. The smallest absolute Gasteiger partial charge is 0.466 e. The third-order valence-electron chi connectivity index (χ3n) is 3.26. The monoisotopic (exact) mass is 396 g/mol. The summed E-state index contributed by atoms with van der Waals surface area (Å²) >= 11 is 0. The van der Waals surface area contributed by atoms with E-state index >= 15 is 0 Å². The van der Waals surface area contributed by atoms with Crippen LogP contribution < -0.4 is 5.73 Å². The van der Waals surface area contributed by atoms with Crippen molar-refractivity contribution >= 4 is 11.9 Å². The summed E-state index contributed by atoms with van der Waals surface area (Å²) < 4.78 is 36.7. The molecule has 0 radical (unpaired) electrons. The predicted molar refractivity (Wildman–Crippen MR) is 96.2 cm³/mol. The number of hydrogen-bond acceptors (Lipinski definition) is 5.